The third-order valence-electron chi connectivity index (χ3n) is 3.46. The zero-order valence-electron chi connectivity index (χ0n) is 11.6. The van der Waals surface area contributed by atoms with Gasteiger partial charge in [0, 0.05) is 13.1 Å². The topological polar surface area (TPSA) is 41.6 Å². The lowest BCUT2D eigenvalue weighted by atomic mass is 10.1. The van der Waals surface area contributed by atoms with Crippen LogP contribution >= 0.6 is 0 Å². The Labute approximate surface area is 120 Å². The number of rotatable bonds is 3. The van der Waals surface area contributed by atoms with Crippen molar-refractivity contribution in [3.8, 4) is 0 Å². The summed E-state index contributed by atoms with van der Waals surface area (Å²) >= 11 is 0. The van der Waals surface area contributed by atoms with Gasteiger partial charge in [0.15, 0.2) is 0 Å². The van der Waals surface area contributed by atoms with E-state index in [4.69, 9.17) is 4.74 Å². The lowest BCUT2D eigenvalue weighted by Gasteiger charge is -2.31. The van der Waals surface area contributed by atoms with Gasteiger partial charge in [0.2, 0.25) is 5.91 Å². The van der Waals surface area contributed by atoms with E-state index in [2.05, 4.69) is 5.32 Å². The van der Waals surface area contributed by atoms with Crippen LogP contribution in [0.15, 0.2) is 24.3 Å². The SMILES string of the molecule is CC(C(=O)Nc1ccccc1C(F)(F)F)N1CCOCC1. The molecule has 0 radical (unpaired) electrons. The number of nitrogens with zero attached hydrogens (tertiary/aromatic N) is 1. The monoisotopic (exact) mass is 302 g/mol. The van der Waals surface area contributed by atoms with Gasteiger partial charge in [-0.15, -0.1) is 0 Å². The molecule has 1 amide bonds. The van der Waals surface area contributed by atoms with Gasteiger partial charge in [0.1, 0.15) is 0 Å². The second-order valence-electron chi connectivity index (χ2n) is 4.86. The standard InChI is InChI=1S/C14H17F3N2O2/c1-10(19-6-8-21-9-7-19)13(20)18-12-5-3-2-4-11(12)14(15,16)17/h2-5,10H,6-9H2,1H3,(H,18,20). The van der Waals surface area contributed by atoms with Crippen LogP contribution in [-0.2, 0) is 15.7 Å². The van der Waals surface area contributed by atoms with E-state index in [1.807, 2.05) is 4.90 Å². The van der Waals surface area contributed by atoms with Crippen LogP contribution in [0, 0.1) is 0 Å². The summed E-state index contributed by atoms with van der Waals surface area (Å²) in [6.45, 7) is 3.91. The molecule has 1 saturated heterocycles. The zero-order valence-corrected chi connectivity index (χ0v) is 11.6. The summed E-state index contributed by atoms with van der Waals surface area (Å²) in [6.07, 6.45) is -4.49. The van der Waals surface area contributed by atoms with Crippen molar-refractivity contribution in [3.63, 3.8) is 0 Å². The van der Waals surface area contributed by atoms with Gasteiger partial charge in [-0.25, -0.2) is 0 Å². The average molecular weight is 302 g/mol. The number of amides is 1. The van der Waals surface area contributed by atoms with E-state index in [0.717, 1.165) is 6.07 Å². The van der Waals surface area contributed by atoms with E-state index in [1.54, 1.807) is 6.92 Å². The fraction of sp³-hybridized carbons (Fsp3) is 0.500. The largest absolute Gasteiger partial charge is 0.418 e. The Balaban J connectivity index is 2.09. The van der Waals surface area contributed by atoms with Crippen molar-refractivity contribution in [2.24, 2.45) is 0 Å². The molecule has 21 heavy (non-hydrogen) atoms. The van der Waals surface area contributed by atoms with Gasteiger partial charge in [-0.2, -0.15) is 13.2 Å². The van der Waals surface area contributed by atoms with Gasteiger partial charge in [-0.05, 0) is 19.1 Å². The van der Waals surface area contributed by atoms with E-state index in [-0.39, 0.29) is 5.69 Å². The normalized spacial score (nSPS) is 18.3. The van der Waals surface area contributed by atoms with Crippen molar-refractivity contribution in [1.29, 1.82) is 0 Å². The first kappa shape index (κ1) is 15.8. The van der Waals surface area contributed by atoms with Crippen molar-refractivity contribution in [3.05, 3.63) is 29.8 Å². The molecule has 116 valence electrons. The molecule has 0 saturated carbocycles. The highest BCUT2D eigenvalue weighted by Crippen LogP contribution is 2.34. The number of hydrogen-bond acceptors (Lipinski definition) is 3. The van der Waals surface area contributed by atoms with Crippen LogP contribution in [0.5, 0.6) is 0 Å². The zero-order chi connectivity index (χ0) is 15.5. The van der Waals surface area contributed by atoms with Crippen LogP contribution in [-0.4, -0.2) is 43.2 Å². The summed E-state index contributed by atoms with van der Waals surface area (Å²) in [6, 6.07) is 4.46. The molecule has 1 fully saturated rings. The first-order valence-corrected chi connectivity index (χ1v) is 6.68. The van der Waals surface area contributed by atoms with Crippen LogP contribution in [0.1, 0.15) is 12.5 Å². The molecule has 1 atom stereocenters. The van der Waals surface area contributed by atoms with Crippen LogP contribution < -0.4 is 5.32 Å². The van der Waals surface area contributed by atoms with Gasteiger partial charge >= 0.3 is 6.18 Å². The molecule has 1 heterocycles. The maximum Gasteiger partial charge on any atom is 0.418 e. The summed E-state index contributed by atoms with van der Waals surface area (Å²) in [7, 11) is 0. The minimum absolute atomic E-state index is 0.213. The minimum Gasteiger partial charge on any atom is -0.379 e. The number of alkyl halides is 3. The predicted octanol–water partition coefficient (Wildman–Crippen LogP) is 2.36. The Morgan fingerprint density at radius 3 is 2.52 bits per heavy atom. The molecule has 2 rings (SSSR count). The van der Waals surface area contributed by atoms with E-state index in [0.29, 0.717) is 26.3 Å². The number of para-hydroxylation sites is 1. The molecule has 1 N–H and O–H groups in total. The Morgan fingerprint density at radius 2 is 1.90 bits per heavy atom. The molecule has 1 aromatic rings. The molecule has 0 aromatic heterocycles. The number of morpholine rings is 1. The molecule has 0 spiro atoms. The van der Waals surface area contributed by atoms with Crippen molar-refractivity contribution in [2.75, 3.05) is 31.6 Å². The first-order valence-electron chi connectivity index (χ1n) is 6.68. The fourth-order valence-electron chi connectivity index (χ4n) is 2.21. The van der Waals surface area contributed by atoms with Gasteiger partial charge in [-0.1, -0.05) is 12.1 Å². The number of nitrogens with one attached hydrogen (secondary N) is 1. The van der Waals surface area contributed by atoms with Gasteiger partial charge < -0.3 is 10.1 Å². The second kappa shape index (κ2) is 6.44. The van der Waals surface area contributed by atoms with E-state index < -0.39 is 23.7 Å². The smallest absolute Gasteiger partial charge is 0.379 e. The van der Waals surface area contributed by atoms with Crippen LogP contribution in [0.25, 0.3) is 0 Å². The molecule has 1 aromatic carbocycles. The van der Waals surface area contributed by atoms with Crippen LogP contribution in [0.3, 0.4) is 0 Å². The van der Waals surface area contributed by atoms with Crippen molar-refractivity contribution in [2.45, 2.75) is 19.1 Å². The summed E-state index contributed by atoms with van der Waals surface area (Å²) < 4.78 is 43.8. The number of halogens is 3. The summed E-state index contributed by atoms with van der Waals surface area (Å²) in [4.78, 5) is 14.0. The number of anilines is 1. The van der Waals surface area contributed by atoms with Crippen LogP contribution in [0.4, 0.5) is 18.9 Å². The summed E-state index contributed by atoms with van der Waals surface area (Å²) in [5.41, 5.74) is -1.05. The quantitative estimate of drug-likeness (QED) is 0.932. The minimum atomic E-state index is -4.49. The van der Waals surface area contributed by atoms with E-state index in [1.165, 1.54) is 18.2 Å². The van der Waals surface area contributed by atoms with Gasteiger partial charge in [-0.3, -0.25) is 9.69 Å². The highest BCUT2D eigenvalue weighted by Gasteiger charge is 2.34. The Kier molecular flexibility index (Phi) is 4.84. The number of carbonyl (C=O) groups is 1. The molecular weight excluding hydrogens is 285 g/mol. The Morgan fingerprint density at radius 1 is 1.29 bits per heavy atom. The second-order valence-corrected chi connectivity index (χ2v) is 4.86. The Hall–Kier alpha value is -1.60. The van der Waals surface area contributed by atoms with Gasteiger partial charge in [0.25, 0.3) is 0 Å². The molecule has 1 aliphatic heterocycles. The summed E-state index contributed by atoms with van der Waals surface area (Å²) in [5, 5.41) is 2.37. The third-order valence-corrected chi connectivity index (χ3v) is 3.46. The molecule has 1 aliphatic rings. The van der Waals surface area contributed by atoms with Crippen molar-refractivity contribution < 1.29 is 22.7 Å². The maximum absolute atomic E-state index is 12.9. The third kappa shape index (κ3) is 3.95. The van der Waals surface area contributed by atoms with Crippen molar-refractivity contribution >= 4 is 11.6 Å². The molecule has 0 aliphatic carbocycles. The fourth-order valence-corrected chi connectivity index (χ4v) is 2.21. The molecule has 0 bridgehead atoms. The number of hydrogen-bond donors (Lipinski definition) is 1. The molecule has 4 nitrogen and oxygen atoms in total. The van der Waals surface area contributed by atoms with E-state index in [9.17, 15) is 18.0 Å². The highest BCUT2D eigenvalue weighted by molar-refractivity contribution is 5.95. The Bertz CT molecular complexity index is 499. The number of carbonyl (C=O) groups excluding carboxylic acids is 1. The predicted molar refractivity (Wildman–Crippen MR) is 71.9 cm³/mol. The molecular formula is C14H17F3N2O2. The number of ether oxygens (including phenoxy) is 1. The lowest BCUT2D eigenvalue weighted by molar-refractivity contribution is -0.137. The van der Waals surface area contributed by atoms with Crippen LogP contribution in [0.2, 0.25) is 0 Å². The summed E-state index contributed by atoms with van der Waals surface area (Å²) in [5.74, 6) is -0.450. The van der Waals surface area contributed by atoms with E-state index >= 15 is 0 Å². The average Bonchev–Trinajstić information content (AvgIpc) is 2.47. The lowest BCUT2D eigenvalue weighted by Crippen LogP contribution is -2.47. The highest BCUT2D eigenvalue weighted by atomic mass is 19.4. The molecule has 7 heteroatoms. The molecule has 1 unspecified atom stereocenters. The first-order chi connectivity index (χ1) is 9.89. The maximum atomic E-state index is 12.9. The van der Waals surface area contributed by atoms with Gasteiger partial charge in [0.05, 0.1) is 30.5 Å². The number of benzene rings is 1. The van der Waals surface area contributed by atoms with Crippen molar-refractivity contribution in [1.82, 2.24) is 4.90 Å².